The number of nitrogens with zero attached hydrogens (tertiary/aromatic N) is 2. The maximum Gasteiger partial charge on any atom is 0.0543 e. The van der Waals surface area contributed by atoms with Crippen LogP contribution in [-0.2, 0) is 7.05 Å². The van der Waals surface area contributed by atoms with Crippen LogP contribution in [0.25, 0.3) is 49.3 Å². The van der Waals surface area contributed by atoms with Crippen molar-refractivity contribution in [2.45, 2.75) is 6.92 Å². The van der Waals surface area contributed by atoms with Gasteiger partial charge in [0.05, 0.1) is 16.6 Å². The van der Waals surface area contributed by atoms with Crippen molar-refractivity contribution < 1.29 is 0 Å². The highest BCUT2D eigenvalue weighted by Crippen LogP contribution is 2.36. The SMILES string of the molecule is Cc1cccc2c1c1ccccc1n2-c1ccc2c3ccccc3n(C)c2c1. The lowest BCUT2D eigenvalue weighted by molar-refractivity contribution is 1.01. The van der Waals surface area contributed by atoms with Gasteiger partial charge in [-0.1, -0.05) is 54.6 Å². The molecule has 0 N–H and O–H groups in total. The Morgan fingerprint density at radius 2 is 1.25 bits per heavy atom. The zero-order chi connectivity index (χ0) is 18.8. The maximum absolute atomic E-state index is 2.40. The Balaban J connectivity index is 1.76. The molecule has 0 aliphatic heterocycles. The van der Waals surface area contributed by atoms with E-state index in [2.05, 4.69) is 108 Å². The molecule has 0 spiro atoms. The average molecular weight is 360 g/mol. The topological polar surface area (TPSA) is 9.86 Å². The predicted octanol–water partition coefficient (Wildman–Crippen LogP) is 6.74. The van der Waals surface area contributed by atoms with Crippen LogP contribution in [0.3, 0.4) is 0 Å². The van der Waals surface area contributed by atoms with Crippen LogP contribution in [0.5, 0.6) is 0 Å². The molecule has 0 bridgehead atoms. The fourth-order valence-corrected chi connectivity index (χ4v) is 4.77. The summed E-state index contributed by atoms with van der Waals surface area (Å²) >= 11 is 0. The minimum absolute atomic E-state index is 1.20. The van der Waals surface area contributed by atoms with Crippen LogP contribution in [0.15, 0.2) is 84.9 Å². The highest BCUT2D eigenvalue weighted by Gasteiger charge is 2.15. The summed E-state index contributed by atoms with van der Waals surface area (Å²) in [6.07, 6.45) is 0. The molecular weight excluding hydrogens is 340 g/mol. The van der Waals surface area contributed by atoms with Crippen molar-refractivity contribution in [3.8, 4) is 5.69 Å². The maximum atomic E-state index is 2.40. The van der Waals surface area contributed by atoms with Crippen LogP contribution in [-0.4, -0.2) is 9.13 Å². The molecule has 6 aromatic rings. The van der Waals surface area contributed by atoms with E-state index in [1.807, 2.05) is 0 Å². The van der Waals surface area contributed by atoms with Gasteiger partial charge in [-0.15, -0.1) is 0 Å². The van der Waals surface area contributed by atoms with Crippen molar-refractivity contribution in [1.82, 2.24) is 9.13 Å². The first-order valence-electron chi connectivity index (χ1n) is 9.70. The minimum Gasteiger partial charge on any atom is -0.344 e. The number of fused-ring (bicyclic) bond motifs is 6. The van der Waals surface area contributed by atoms with Crippen molar-refractivity contribution in [2.75, 3.05) is 0 Å². The van der Waals surface area contributed by atoms with Gasteiger partial charge in [0.1, 0.15) is 0 Å². The molecule has 2 heteroatoms. The second-order valence-electron chi connectivity index (χ2n) is 7.60. The van der Waals surface area contributed by atoms with Crippen LogP contribution >= 0.6 is 0 Å². The zero-order valence-corrected chi connectivity index (χ0v) is 16.0. The molecule has 6 rings (SSSR count). The van der Waals surface area contributed by atoms with Crippen molar-refractivity contribution in [3.63, 3.8) is 0 Å². The Labute approximate surface area is 163 Å². The lowest BCUT2D eigenvalue weighted by atomic mass is 10.1. The molecule has 0 atom stereocenters. The van der Waals surface area contributed by atoms with E-state index in [0.717, 1.165) is 0 Å². The Bertz CT molecular complexity index is 1530. The van der Waals surface area contributed by atoms with E-state index < -0.39 is 0 Å². The highest BCUT2D eigenvalue weighted by atomic mass is 15.0. The Kier molecular flexibility index (Phi) is 3.05. The largest absolute Gasteiger partial charge is 0.344 e. The lowest BCUT2D eigenvalue weighted by Gasteiger charge is -2.09. The summed E-state index contributed by atoms with van der Waals surface area (Å²) in [5.41, 5.74) is 7.57. The molecule has 0 saturated heterocycles. The Hall–Kier alpha value is -3.52. The van der Waals surface area contributed by atoms with Gasteiger partial charge in [-0.25, -0.2) is 0 Å². The molecule has 2 aromatic heterocycles. The molecule has 0 unspecified atom stereocenters. The van der Waals surface area contributed by atoms with Gasteiger partial charge in [0, 0.05) is 39.8 Å². The third-order valence-electron chi connectivity index (χ3n) is 6.06. The smallest absolute Gasteiger partial charge is 0.0543 e. The highest BCUT2D eigenvalue weighted by molar-refractivity contribution is 6.12. The van der Waals surface area contributed by atoms with Gasteiger partial charge in [0.25, 0.3) is 0 Å². The Morgan fingerprint density at radius 1 is 0.571 bits per heavy atom. The molecule has 0 aliphatic rings. The van der Waals surface area contributed by atoms with Crippen molar-refractivity contribution in [2.24, 2.45) is 7.05 Å². The molecule has 2 nitrogen and oxygen atoms in total. The van der Waals surface area contributed by atoms with E-state index in [-0.39, 0.29) is 0 Å². The number of para-hydroxylation sites is 2. The van der Waals surface area contributed by atoms with Crippen LogP contribution in [0.1, 0.15) is 5.56 Å². The molecule has 0 radical (unpaired) electrons. The fourth-order valence-electron chi connectivity index (χ4n) is 4.77. The second-order valence-corrected chi connectivity index (χ2v) is 7.60. The number of aromatic nitrogens is 2. The normalized spacial score (nSPS) is 11.9. The van der Waals surface area contributed by atoms with E-state index in [1.165, 1.54) is 54.9 Å². The summed E-state index contributed by atoms with van der Waals surface area (Å²) in [4.78, 5) is 0. The van der Waals surface area contributed by atoms with Gasteiger partial charge in [-0.3, -0.25) is 0 Å². The molecule has 0 amide bonds. The van der Waals surface area contributed by atoms with Crippen LogP contribution in [0.2, 0.25) is 0 Å². The van der Waals surface area contributed by atoms with Crippen molar-refractivity contribution in [3.05, 3.63) is 90.5 Å². The van der Waals surface area contributed by atoms with E-state index in [0.29, 0.717) is 0 Å². The van der Waals surface area contributed by atoms with Gasteiger partial charge in [-0.2, -0.15) is 0 Å². The van der Waals surface area contributed by atoms with Gasteiger partial charge >= 0.3 is 0 Å². The van der Waals surface area contributed by atoms with Gasteiger partial charge in [0.2, 0.25) is 0 Å². The molecular formula is C26H20N2. The Morgan fingerprint density at radius 3 is 2.11 bits per heavy atom. The van der Waals surface area contributed by atoms with E-state index in [9.17, 15) is 0 Å². The summed E-state index contributed by atoms with van der Waals surface area (Å²) in [5.74, 6) is 0. The third-order valence-corrected chi connectivity index (χ3v) is 6.06. The standard InChI is InChI=1S/C26H20N2/c1-17-8-7-13-24-26(17)21-10-4-6-12-23(21)28(24)18-14-15-20-19-9-3-5-11-22(19)27(2)25(20)16-18/h3-16H,1-2H3. The number of rotatable bonds is 1. The van der Waals surface area contributed by atoms with Crippen LogP contribution in [0.4, 0.5) is 0 Å². The average Bonchev–Trinajstić information content (AvgIpc) is 3.22. The fraction of sp³-hybridized carbons (Fsp3) is 0.0769. The summed E-state index contributed by atoms with van der Waals surface area (Å²) in [7, 11) is 2.16. The van der Waals surface area contributed by atoms with E-state index in [1.54, 1.807) is 0 Å². The van der Waals surface area contributed by atoms with E-state index >= 15 is 0 Å². The number of benzene rings is 4. The molecule has 4 aromatic carbocycles. The molecule has 134 valence electrons. The van der Waals surface area contributed by atoms with Gasteiger partial charge < -0.3 is 9.13 Å². The third kappa shape index (κ3) is 1.92. The first-order chi connectivity index (χ1) is 13.7. The summed E-state index contributed by atoms with van der Waals surface area (Å²) in [6.45, 7) is 2.20. The molecule has 0 saturated carbocycles. The minimum atomic E-state index is 1.20. The van der Waals surface area contributed by atoms with Crippen molar-refractivity contribution in [1.29, 1.82) is 0 Å². The molecule has 0 fully saturated rings. The lowest BCUT2D eigenvalue weighted by Crippen LogP contribution is -1.95. The summed E-state index contributed by atoms with van der Waals surface area (Å²) in [6, 6.07) is 30.8. The monoisotopic (exact) mass is 360 g/mol. The molecule has 2 heterocycles. The van der Waals surface area contributed by atoms with Gasteiger partial charge in [-0.05, 0) is 42.8 Å². The first-order valence-corrected chi connectivity index (χ1v) is 9.70. The predicted molar refractivity (Wildman–Crippen MR) is 120 cm³/mol. The molecule has 28 heavy (non-hydrogen) atoms. The number of hydrogen-bond acceptors (Lipinski definition) is 0. The summed E-state index contributed by atoms with van der Waals surface area (Å²) < 4.78 is 4.70. The second kappa shape index (κ2) is 5.49. The van der Waals surface area contributed by atoms with Crippen molar-refractivity contribution >= 4 is 43.6 Å². The molecule has 0 aliphatic carbocycles. The van der Waals surface area contributed by atoms with Gasteiger partial charge in [0.15, 0.2) is 0 Å². The van der Waals surface area contributed by atoms with Crippen LogP contribution in [0, 0.1) is 6.92 Å². The van der Waals surface area contributed by atoms with E-state index in [4.69, 9.17) is 0 Å². The van der Waals surface area contributed by atoms with Crippen LogP contribution < -0.4 is 0 Å². The first kappa shape index (κ1) is 15.5. The number of aryl methyl sites for hydroxylation is 2. The number of hydrogen-bond donors (Lipinski definition) is 0. The zero-order valence-electron chi connectivity index (χ0n) is 16.0. The summed E-state index contributed by atoms with van der Waals surface area (Å²) in [5, 5.41) is 5.27. The quantitative estimate of drug-likeness (QED) is 0.307.